The first kappa shape index (κ1) is 11.0. The summed E-state index contributed by atoms with van der Waals surface area (Å²) in [6.07, 6.45) is 6.90. The van der Waals surface area contributed by atoms with Crippen LogP contribution in [0, 0.1) is 0 Å². The molecule has 3 nitrogen and oxygen atoms in total. The summed E-state index contributed by atoms with van der Waals surface area (Å²) in [5, 5.41) is 0. The van der Waals surface area contributed by atoms with Crippen LogP contribution in [0.3, 0.4) is 0 Å². The van der Waals surface area contributed by atoms with Crippen molar-refractivity contribution in [2.45, 2.75) is 38.5 Å². The summed E-state index contributed by atoms with van der Waals surface area (Å²) >= 11 is 0. The summed E-state index contributed by atoms with van der Waals surface area (Å²) in [6.45, 7) is 0. The van der Waals surface area contributed by atoms with E-state index in [2.05, 4.69) is 0 Å². The molecule has 0 radical (unpaired) electrons. The van der Waals surface area contributed by atoms with E-state index in [0.29, 0.717) is 18.4 Å². The monoisotopic (exact) mass is 218 g/mol. The molecule has 0 aromatic heterocycles. The first-order valence-corrected chi connectivity index (χ1v) is 5.64. The Morgan fingerprint density at radius 1 is 1.00 bits per heavy atom. The number of rotatable bonds is 1. The van der Waals surface area contributed by atoms with Crippen LogP contribution in [0.5, 0.6) is 0 Å². The van der Waals surface area contributed by atoms with E-state index in [1.165, 1.54) is 6.08 Å². The van der Waals surface area contributed by atoms with Crippen LogP contribution in [-0.2, 0) is 14.4 Å². The Hall–Kier alpha value is -1.51. The molecule has 0 bridgehead atoms. The molecule has 0 unspecified atom stereocenters. The molecule has 2 aliphatic carbocycles. The standard InChI is InChI=1S/C13H14O3/c14-11-6-9(7-12(15)8-11)5-10-3-1-2-4-13(10)16/h5-6H,1-4,7-8H2. The highest BCUT2D eigenvalue weighted by Crippen LogP contribution is 2.23. The van der Waals surface area contributed by atoms with Crippen molar-refractivity contribution in [1.29, 1.82) is 0 Å². The summed E-state index contributed by atoms with van der Waals surface area (Å²) in [5.41, 5.74) is 1.48. The van der Waals surface area contributed by atoms with E-state index in [4.69, 9.17) is 0 Å². The third kappa shape index (κ3) is 2.54. The second-order valence-electron chi connectivity index (χ2n) is 4.38. The average Bonchev–Trinajstić information content (AvgIpc) is 2.20. The second kappa shape index (κ2) is 4.56. The topological polar surface area (TPSA) is 51.2 Å². The van der Waals surface area contributed by atoms with Gasteiger partial charge in [-0.15, -0.1) is 0 Å². The maximum Gasteiger partial charge on any atom is 0.163 e. The molecule has 0 atom stereocenters. The average molecular weight is 218 g/mol. The van der Waals surface area contributed by atoms with E-state index < -0.39 is 0 Å². The summed E-state index contributed by atoms with van der Waals surface area (Å²) in [6, 6.07) is 0. The number of carbonyl (C=O) groups is 3. The van der Waals surface area contributed by atoms with Crippen LogP contribution in [0.25, 0.3) is 0 Å². The van der Waals surface area contributed by atoms with Crippen molar-refractivity contribution in [3.05, 3.63) is 23.3 Å². The number of carbonyl (C=O) groups excluding carboxylic acids is 3. The first-order valence-electron chi connectivity index (χ1n) is 5.64. The van der Waals surface area contributed by atoms with E-state index in [1.54, 1.807) is 6.08 Å². The van der Waals surface area contributed by atoms with Crippen LogP contribution in [-0.4, -0.2) is 17.3 Å². The van der Waals surface area contributed by atoms with Gasteiger partial charge in [-0.05, 0) is 36.5 Å². The molecule has 2 aliphatic rings. The highest BCUT2D eigenvalue weighted by Gasteiger charge is 2.19. The lowest BCUT2D eigenvalue weighted by molar-refractivity contribution is -0.125. The SMILES string of the molecule is O=C1C=C(C=C2CCCCC2=O)CC(=O)C1. The van der Waals surface area contributed by atoms with E-state index in [0.717, 1.165) is 24.8 Å². The second-order valence-corrected chi connectivity index (χ2v) is 4.38. The highest BCUT2D eigenvalue weighted by molar-refractivity contribution is 6.09. The van der Waals surface area contributed by atoms with Crippen molar-refractivity contribution in [2.75, 3.05) is 0 Å². The molecule has 0 saturated heterocycles. The summed E-state index contributed by atoms with van der Waals surface area (Å²) < 4.78 is 0. The molecule has 0 heterocycles. The minimum absolute atomic E-state index is 0.0145. The molecule has 0 aromatic rings. The third-order valence-electron chi connectivity index (χ3n) is 2.94. The van der Waals surface area contributed by atoms with Gasteiger partial charge in [0.05, 0.1) is 6.42 Å². The fraction of sp³-hybridized carbons (Fsp3) is 0.462. The molecule has 0 aliphatic heterocycles. The first-order chi connectivity index (χ1) is 7.65. The van der Waals surface area contributed by atoms with Crippen LogP contribution in [0.2, 0.25) is 0 Å². The number of Topliss-reactive ketones (excluding diaryl/α,β-unsaturated/α-hetero) is 2. The molecule has 3 heteroatoms. The Morgan fingerprint density at radius 2 is 1.75 bits per heavy atom. The predicted molar refractivity (Wildman–Crippen MR) is 58.9 cm³/mol. The zero-order valence-electron chi connectivity index (χ0n) is 9.12. The van der Waals surface area contributed by atoms with Crippen molar-refractivity contribution in [3.8, 4) is 0 Å². The number of hydrogen-bond donors (Lipinski definition) is 0. The zero-order chi connectivity index (χ0) is 11.5. The van der Waals surface area contributed by atoms with Gasteiger partial charge in [0.25, 0.3) is 0 Å². The van der Waals surface area contributed by atoms with E-state index >= 15 is 0 Å². The van der Waals surface area contributed by atoms with Gasteiger partial charge in [-0.2, -0.15) is 0 Å². The predicted octanol–water partition coefficient (Wildman–Crippen LogP) is 1.91. The highest BCUT2D eigenvalue weighted by atomic mass is 16.1. The molecule has 0 amide bonds. The maximum atomic E-state index is 11.6. The number of hydrogen-bond acceptors (Lipinski definition) is 3. The Kier molecular flexibility index (Phi) is 3.13. The van der Waals surface area contributed by atoms with E-state index in [1.807, 2.05) is 0 Å². The molecule has 1 saturated carbocycles. The van der Waals surface area contributed by atoms with Gasteiger partial charge in [0.15, 0.2) is 11.6 Å². The van der Waals surface area contributed by atoms with Crippen molar-refractivity contribution >= 4 is 17.3 Å². The van der Waals surface area contributed by atoms with E-state index in [9.17, 15) is 14.4 Å². The Balaban J connectivity index is 2.19. The van der Waals surface area contributed by atoms with Crippen molar-refractivity contribution in [1.82, 2.24) is 0 Å². The zero-order valence-corrected chi connectivity index (χ0v) is 9.12. The van der Waals surface area contributed by atoms with Crippen LogP contribution >= 0.6 is 0 Å². The molecular formula is C13H14O3. The molecule has 2 rings (SSSR count). The van der Waals surface area contributed by atoms with Gasteiger partial charge in [0.2, 0.25) is 0 Å². The van der Waals surface area contributed by atoms with Gasteiger partial charge in [0, 0.05) is 12.8 Å². The van der Waals surface area contributed by atoms with Gasteiger partial charge in [-0.3, -0.25) is 14.4 Å². The lowest BCUT2D eigenvalue weighted by atomic mass is 9.89. The molecular weight excluding hydrogens is 204 g/mol. The van der Waals surface area contributed by atoms with Gasteiger partial charge in [-0.25, -0.2) is 0 Å². The van der Waals surface area contributed by atoms with Crippen LogP contribution in [0.1, 0.15) is 38.5 Å². The maximum absolute atomic E-state index is 11.6. The van der Waals surface area contributed by atoms with Gasteiger partial charge in [-0.1, -0.05) is 6.08 Å². The van der Waals surface area contributed by atoms with Crippen molar-refractivity contribution in [3.63, 3.8) is 0 Å². The number of ketones is 3. The lowest BCUT2D eigenvalue weighted by Gasteiger charge is -2.14. The molecule has 0 aromatic carbocycles. The van der Waals surface area contributed by atoms with E-state index in [-0.39, 0.29) is 23.8 Å². The lowest BCUT2D eigenvalue weighted by Crippen LogP contribution is -2.14. The fourth-order valence-corrected chi connectivity index (χ4v) is 2.16. The van der Waals surface area contributed by atoms with Crippen LogP contribution in [0.4, 0.5) is 0 Å². The summed E-state index contributed by atoms with van der Waals surface area (Å²) in [4.78, 5) is 34.0. The minimum atomic E-state index is -0.147. The third-order valence-corrected chi connectivity index (χ3v) is 2.94. The molecule has 84 valence electrons. The minimum Gasteiger partial charge on any atom is -0.299 e. The Morgan fingerprint density at radius 3 is 2.44 bits per heavy atom. The molecule has 0 N–H and O–H groups in total. The van der Waals surface area contributed by atoms with Gasteiger partial charge in [0.1, 0.15) is 5.78 Å². The Labute approximate surface area is 94.2 Å². The molecule has 1 fully saturated rings. The largest absolute Gasteiger partial charge is 0.299 e. The molecule has 0 spiro atoms. The van der Waals surface area contributed by atoms with Crippen molar-refractivity contribution < 1.29 is 14.4 Å². The number of allylic oxidation sites excluding steroid dienone is 4. The quantitative estimate of drug-likeness (QED) is 0.499. The van der Waals surface area contributed by atoms with Crippen molar-refractivity contribution in [2.24, 2.45) is 0 Å². The normalized spacial score (nSPS) is 24.9. The van der Waals surface area contributed by atoms with Gasteiger partial charge >= 0.3 is 0 Å². The fourth-order valence-electron chi connectivity index (χ4n) is 2.16. The smallest absolute Gasteiger partial charge is 0.163 e. The van der Waals surface area contributed by atoms with Crippen LogP contribution < -0.4 is 0 Å². The van der Waals surface area contributed by atoms with Crippen LogP contribution in [0.15, 0.2) is 23.3 Å². The summed E-state index contributed by atoms with van der Waals surface area (Å²) in [7, 11) is 0. The Bertz CT molecular complexity index is 413. The van der Waals surface area contributed by atoms with Gasteiger partial charge < -0.3 is 0 Å². The molecule has 16 heavy (non-hydrogen) atoms. The summed E-state index contributed by atoms with van der Waals surface area (Å²) in [5.74, 6) is -0.0356.